The van der Waals surface area contributed by atoms with Crippen molar-refractivity contribution in [3.8, 4) is 6.07 Å². The van der Waals surface area contributed by atoms with Gasteiger partial charge in [-0.15, -0.1) is 0 Å². The second kappa shape index (κ2) is 6.70. The second-order valence-corrected chi connectivity index (χ2v) is 4.15. The van der Waals surface area contributed by atoms with Gasteiger partial charge in [0.2, 0.25) is 5.91 Å². The lowest BCUT2D eigenvalue weighted by Crippen LogP contribution is -2.32. The SMILES string of the molecule is CCC(C)C(C(=O)NCC#N)c1ccccc1. The van der Waals surface area contributed by atoms with Gasteiger partial charge in [-0.25, -0.2) is 0 Å². The number of benzene rings is 1. The fraction of sp³-hybridized carbons (Fsp3) is 0.429. The molecule has 0 aliphatic carbocycles. The van der Waals surface area contributed by atoms with Crippen molar-refractivity contribution in [1.82, 2.24) is 5.32 Å². The first kappa shape index (κ1) is 13.2. The standard InChI is InChI=1S/C14H18N2O/c1-3-11(2)13(14(17)16-10-9-15)12-7-5-4-6-8-12/h4-8,11,13H,3,10H2,1-2H3,(H,16,17). The molecule has 0 spiro atoms. The van der Waals surface area contributed by atoms with Crippen LogP contribution in [0.3, 0.4) is 0 Å². The normalized spacial score (nSPS) is 13.5. The summed E-state index contributed by atoms with van der Waals surface area (Å²) in [7, 11) is 0. The molecule has 3 heteroatoms. The summed E-state index contributed by atoms with van der Waals surface area (Å²) in [5, 5.41) is 11.1. The molecule has 0 heterocycles. The van der Waals surface area contributed by atoms with E-state index in [4.69, 9.17) is 5.26 Å². The van der Waals surface area contributed by atoms with Gasteiger partial charge in [0.05, 0.1) is 12.0 Å². The molecule has 0 saturated carbocycles. The number of carbonyl (C=O) groups is 1. The van der Waals surface area contributed by atoms with E-state index >= 15 is 0 Å². The summed E-state index contributed by atoms with van der Waals surface area (Å²) in [6.07, 6.45) is 0.930. The van der Waals surface area contributed by atoms with Gasteiger partial charge in [-0.05, 0) is 11.5 Å². The maximum absolute atomic E-state index is 12.0. The fourth-order valence-electron chi connectivity index (χ4n) is 1.87. The number of hydrogen-bond acceptors (Lipinski definition) is 2. The summed E-state index contributed by atoms with van der Waals surface area (Å²) in [6, 6.07) is 11.7. The maximum Gasteiger partial charge on any atom is 0.228 e. The fourth-order valence-corrected chi connectivity index (χ4v) is 1.87. The van der Waals surface area contributed by atoms with Gasteiger partial charge in [0.15, 0.2) is 0 Å². The van der Waals surface area contributed by atoms with Crippen LogP contribution in [0.4, 0.5) is 0 Å². The van der Waals surface area contributed by atoms with Gasteiger partial charge in [0.25, 0.3) is 0 Å². The van der Waals surface area contributed by atoms with Gasteiger partial charge < -0.3 is 5.32 Å². The Bertz CT molecular complexity index is 394. The lowest BCUT2D eigenvalue weighted by Gasteiger charge is -2.22. The molecule has 2 atom stereocenters. The third-order valence-electron chi connectivity index (χ3n) is 3.00. The molecule has 1 aromatic carbocycles. The average Bonchev–Trinajstić information content (AvgIpc) is 2.37. The second-order valence-electron chi connectivity index (χ2n) is 4.15. The molecule has 0 aromatic heterocycles. The average molecular weight is 230 g/mol. The Morgan fingerprint density at radius 2 is 2.06 bits per heavy atom. The number of amides is 1. The summed E-state index contributed by atoms with van der Waals surface area (Å²) in [4.78, 5) is 12.0. The predicted octanol–water partition coefficient (Wildman–Crippen LogP) is 2.46. The third kappa shape index (κ3) is 3.60. The highest BCUT2D eigenvalue weighted by Gasteiger charge is 2.25. The quantitative estimate of drug-likeness (QED) is 0.790. The van der Waals surface area contributed by atoms with E-state index in [9.17, 15) is 4.79 Å². The van der Waals surface area contributed by atoms with Gasteiger partial charge in [0, 0.05) is 0 Å². The molecule has 0 bridgehead atoms. The molecule has 1 rings (SSSR count). The van der Waals surface area contributed by atoms with Crippen molar-refractivity contribution in [3.05, 3.63) is 35.9 Å². The number of rotatable bonds is 5. The van der Waals surface area contributed by atoms with Gasteiger partial charge >= 0.3 is 0 Å². The molecule has 0 fully saturated rings. The lowest BCUT2D eigenvalue weighted by atomic mass is 9.85. The number of nitrogens with one attached hydrogen (secondary N) is 1. The van der Waals surface area contributed by atoms with E-state index in [-0.39, 0.29) is 24.3 Å². The van der Waals surface area contributed by atoms with Crippen LogP contribution in [0.5, 0.6) is 0 Å². The van der Waals surface area contributed by atoms with Crippen LogP contribution < -0.4 is 5.32 Å². The number of carbonyl (C=O) groups excluding carboxylic acids is 1. The summed E-state index contributed by atoms with van der Waals surface area (Å²) in [5.74, 6) is 0.0257. The van der Waals surface area contributed by atoms with Crippen molar-refractivity contribution in [3.63, 3.8) is 0 Å². The van der Waals surface area contributed by atoms with Crippen LogP contribution in [0.15, 0.2) is 30.3 Å². The van der Waals surface area contributed by atoms with Crippen LogP contribution in [-0.2, 0) is 4.79 Å². The van der Waals surface area contributed by atoms with Crippen molar-refractivity contribution in [2.45, 2.75) is 26.2 Å². The van der Waals surface area contributed by atoms with Crippen molar-refractivity contribution in [2.24, 2.45) is 5.92 Å². The molecule has 0 radical (unpaired) electrons. The first-order chi connectivity index (χ1) is 8.20. The minimum absolute atomic E-state index is 0.0629. The molecule has 0 aliphatic rings. The molecular formula is C14H18N2O. The topological polar surface area (TPSA) is 52.9 Å². The lowest BCUT2D eigenvalue weighted by molar-refractivity contribution is -0.123. The molecule has 0 saturated heterocycles. The van der Waals surface area contributed by atoms with Crippen molar-refractivity contribution >= 4 is 5.91 Å². The first-order valence-electron chi connectivity index (χ1n) is 5.90. The predicted molar refractivity (Wildman–Crippen MR) is 67.3 cm³/mol. The molecule has 3 nitrogen and oxygen atoms in total. The van der Waals surface area contributed by atoms with Gasteiger partial charge in [-0.2, -0.15) is 5.26 Å². The zero-order valence-electron chi connectivity index (χ0n) is 10.3. The van der Waals surface area contributed by atoms with Gasteiger partial charge in [0.1, 0.15) is 6.54 Å². The van der Waals surface area contributed by atoms with Crippen molar-refractivity contribution in [1.29, 1.82) is 5.26 Å². The van der Waals surface area contributed by atoms with Crippen molar-refractivity contribution < 1.29 is 4.79 Å². The van der Waals surface area contributed by atoms with Crippen LogP contribution >= 0.6 is 0 Å². The third-order valence-corrected chi connectivity index (χ3v) is 3.00. The summed E-state index contributed by atoms with van der Waals surface area (Å²) < 4.78 is 0. The largest absolute Gasteiger partial charge is 0.342 e. The van der Waals surface area contributed by atoms with E-state index < -0.39 is 0 Å². The maximum atomic E-state index is 12.0. The molecule has 90 valence electrons. The van der Waals surface area contributed by atoms with Gasteiger partial charge in [-0.1, -0.05) is 50.6 Å². The molecule has 17 heavy (non-hydrogen) atoms. The Kier molecular flexibility index (Phi) is 5.22. The summed E-state index contributed by atoms with van der Waals surface area (Å²) in [5.41, 5.74) is 1.01. The Balaban J connectivity index is 2.89. The van der Waals surface area contributed by atoms with Crippen LogP contribution in [0.25, 0.3) is 0 Å². The minimum atomic E-state index is -0.172. The van der Waals surface area contributed by atoms with E-state index in [0.29, 0.717) is 0 Å². The zero-order valence-corrected chi connectivity index (χ0v) is 10.3. The van der Waals surface area contributed by atoms with Crippen LogP contribution in [0.1, 0.15) is 31.7 Å². The van der Waals surface area contributed by atoms with Gasteiger partial charge in [-0.3, -0.25) is 4.79 Å². The highest BCUT2D eigenvalue weighted by Crippen LogP contribution is 2.26. The molecule has 2 unspecified atom stereocenters. The summed E-state index contributed by atoms with van der Waals surface area (Å²) >= 11 is 0. The Hall–Kier alpha value is -1.82. The van der Waals surface area contributed by atoms with Crippen LogP contribution in [-0.4, -0.2) is 12.5 Å². The zero-order chi connectivity index (χ0) is 12.7. The monoisotopic (exact) mass is 230 g/mol. The molecule has 1 aromatic rings. The van der Waals surface area contributed by atoms with E-state index in [0.717, 1.165) is 12.0 Å². The van der Waals surface area contributed by atoms with Crippen LogP contribution in [0, 0.1) is 17.2 Å². The van der Waals surface area contributed by atoms with Crippen LogP contribution in [0.2, 0.25) is 0 Å². The highest BCUT2D eigenvalue weighted by atomic mass is 16.1. The number of nitrogens with zero attached hydrogens (tertiary/aromatic N) is 1. The molecule has 1 N–H and O–H groups in total. The van der Waals surface area contributed by atoms with E-state index in [1.807, 2.05) is 36.4 Å². The summed E-state index contributed by atoms with van der Waals surface area (Å²) in [6.45, 7) is 4.19. The molecule has 0 aliphatic heterocycles. The van der Waals surface area contributed by atoms with E-state index in [2.05, 4.69) is 19.2 Å². The smallest absolute Gasteiger partial charge is 0.228 e. The Morgan fingerprint density at radius 3 is 2.59 bits per heavy atom. The Labute approximate surface area is 102 Å². The number of nitriles is 1. The van der Waals surface area contributed by atoms with E-state index in [1.54, 1.807) is 0 Å². The minimum Gasteiger partial charge on any atom is -0.342 e. The highest BCUT2D eigenvalue weighted by molar-refractivity contribution is 5.84. The number of hydrogen-bond donors (Lipinski definition) is 1. The Morgan fingerprint density at radius 1 is 1.41 bits per heavy atom. The molecule has 1 amide bonds. The van der Waals surface area contributed by atoms with E-state index in [1.165, 1.54) is 0 Å². The first-order valence-corrected chi connectivity index (χ1v) is 5.90. The van der Waals surface area contributed by atoms with Crippen molar-refractivity contribution in [2.75, 3.05) is 6.54 Å². The molecular weight excluding hydrogens is 212 g/mol.